The Morgan fingerprint density at radius 3 is 2.43 bits per heavy atom. The maximum atomic E-state index is 11.7. The Labute approximate surface area is 168 Å². The average molecular weight is 383 g/mol. The molecule has 0 aliphatic carbocycles. The van der Waals surface area contributed by atoms with Gasteiger partial charge in [-0.25, -0.2) is 0 Å². The van der Waals surface area contributed by atoms with Crippen molar-refractivity contribution < 1.29 is 19.5 Å². The number of hydrogen-bond acceptors (Lipinski definition) is 3. The Balaban J connectivity index is 1.36. The van der Waals surface area contributed by atoms with Gasteiger partial charge < -0.3 is 14.7 Å². The number of carbonyl (C=O) groups excluding carboxylic acids is 1. The number of nitrogens with one attached hydrogen (secondary N) is 1. The summed E-state index contributed by atoms with van der Waals surface area (Å²) in [6, 6.07) is 17.9. The number of quaternary nitrogens is 1. The van der Waals surface area contributed by atoms with Crippen LogP contribution in [0.3, 0.4) is 0 Å². The summed E-state index contributed by atoms with van der Waals surface area (Å²) in [5, 5.41) is 10.3. The summed E-state index contributed by atoms with van der Waals surface area (Å²) >= 11 is 0. The molecule has 150 valence electrons. The summed E-state index contributed by atoms with van der Waals surface area (Å²) in [5.74, 6) is 1.58. The van der Waals surface area contributed by atoms with Gasteiger partial charge in [0.2, 0.25) is 0 Å². The molecule has 28 heavy (non-hydrogen) atoms. The molecule has 4 nitrogen and oxygen atoms in total. The van der Waals surface area contributed by atoms with Crippen molar-refractivity contribution in [1.29, 1.82) is 0 Å². The Morgan fingerprint density at radius 2 is 1.79 bits per heavy atom. The minimum Gasteiger partial charge on any atom is -0.491 e. The van der Waals surface area contributed by atoms with Crippen molar-refractivity contribution in [2.24, 2.45) is 5.92 Å². The van der Waals surface area contributed by atoms with Gasteiger partial charge >= 0.3 is 0 Å². The molecule has 1 aliphatic rings. The van der Waals surface area contributed by atoms with Gasteiger partial charge in [-0.05, 0) is 55.0 Å². The molecule has 1 aliphatic heterocycles. The van der Waals surface area contributed by atoms with E-state index in [9.17, 15) is 9.90 Å². The number of likely N-dealkylation sites (tertiary alicyclic amines) is 1. The molecule has 0 bridgehead atoms. The lowest BCUT2D eigenvalue weighted by Gasteiger charge is -2.30. The van der Waals surface area contributed by atoms with Crippen LogP contribution in [-0.2, 0) is 6.42 Å². The van der Waals surface area contributed by atoms with Crippen molar-refractivity contribution in [3.8, 4) is 5.75 Å². The first-order valence-electron chi connectivity index (χ1n) is 10.5. The van der Waals surface area contributed by atoms with Crippen molar-refractivity contribution in [2.75, 3.05) is 26.2 Å². The van der Waals surface area contributed by atoms with Crippen LogP contribution in [0.5, 0.6) is 5.75 Å². The number of hydrogen-bond donors (Lipinski definition) is 2. The summed E-state index contributed by atoms with van der Waals surface area (Å²) in [6.45, 7) is 5.10. The minimum atomic E-state index is -0.474. The number of piperidine rings is 1. The van der Waals surface area contributed by atoms with Crippen LogP contribution in [0.15, 0.2) is 54.6 Å². The first kappa shape index (κ1) is 20.6. The summed E-state index contributed by atoms with van der Waals surface area (Å²) < 4.78 is 5.70. The highest BCUT2D eigenvalue weighted by atomic mass is 16.5. The first-order chi connectivity index (χ1) is 13.6. The minimum absolute atomic E-state index is 0.130. The molecule has 2 N–H and O–H groups in total. The molecule has 1 atom stereocenters. The fourth-order valence-corrected chi connectivity index (χ4v) is 3.97. The van der Waals surface area contributed by atoms with E-state index in [2.05, 4.69) is 30.3 Å². The van der Waals surface area contributed by atoms with Crippen LogP contribution < -0.4 is 9.64 Å². The van der Waals surface area contributed by atoms with Crippen LogP contribution in [0.1, 0.15) is 42.1 Å². The summed E-state index contributed by atoms with van der Waals surface area (Å²) in [4.78, 5) is 13.1. The standard InChI is InChI=1S/C24H31NO3/c1-2-24(27)21-8-10-23(11-9-21)28-18-22(26)17-25-14-12-20(13-15-25)16-19-6-4-3-5-7-19/h3-11,20,22,26H,2,12-18H2,1H3/p+1/t22-/m1/s1. The lowest BCUT2D eigenvalue weighted by atomic mass is 9.90. The first-order valence-corrected chi connectivity index (χ1v) is 10.5. The van der Waals surface area contributed by atoms with E-state index in [4.69, 9.17) is 4.74 Å². The molecule has 0 spiro atoms. The van der Waals surface area contributed by atoms with Crippen LogP contribution in [0.4, 0.5) is 0 Å². The zero-order chi connectivity index (χ0) is 19.8. The highest BCUT2D eigenvalue weighted by Crippen LogP contribution is 2.17. The van der Waals surface area contributed by atoms with E-state index in [1.54, 1.807) is 24.3 Å². The zero-order valence-electron chi connectivity index (χ0n) is 16.8. The number of aliphatic hydroxyl groups excluding tert-OH is 1. The number of rotatable bonds is 9. The number of ketones is 1. The van der Waals surface area contributed by atoms with Crippen LogP contribution in [0, 0.1) is 5.92 Å². The summed E-state index contributed by atoms with van der Waals surface area (Å²) in [7, 11) is 0. The molecule has 0 unspecified atom stereocenters. The second-order valence-electron chi connectivity index (χ2n) is 7.85. The molecular formula is C24H32NO3+. The number of benzene rings is 2. The van der Waals surface area contributed by atoms with E-state index in [0.29, 0.717) is 17.7 Å². The highest BCUT2D eigenvalue weighted by Gasteiger charge is 2.24. The fraction of sp³-hybridized carbons (Fsp3) is 0.458. The molecule has 2 aromatic rings. The molecule has 3 rings (SSSR count). The molecule has 0 amide bonds. The number of ether oxygens (including phenoxy) is 1. The van der Waals surface area contributed by atoms with Crippen molar-refractivity contribution in [3.05, 3.63) is 65.7 Å². The highest BCUT2D eigenvalue weighted by molar-refractivity contribution is 5.95. The molecule has 1 heterocycles. The number of Topliss-reactive ketones (excluding diaryl/α,β-unsaturated/α-hetero) is 1. The molecule has 2 aromatic carbocycles. The molecule has 0 radical (unpaired) electrons. The normalized spacial score (nSPS) is 20.5. The van der Waals surface area contributed by atoms with Gasteiger partial charge in [-0.2, -0.15) is 0 Å². The predicted molar refractivity (Wildman–Crippen MR) is 111 cm³/mol. The topological polar surface area (TPSA) is 51.0 Å². The van der Waals surface area contributed by atoms with E-state index >= 15 is 0 Å². The van der Waals surface area contributed by atoms with E-state index in [0.717, 1.165) is 32.0 Å². The largest absolute Gasteiger partial charge is 0.491 e. The van der Waals surface area contributed by atoms with Gasteiger partial charge in [0.15, 0.2) is 5.78 Å². The van der Waals surface area contributed by atoms with Gasteiger partial charge in [-0.15, -0.1) is 0 Å². The van der Waals surface area contributed by atoms with E-state index in [1.807, 2.05) is 6.92 Å². The average Bonchev–Trinajstić information content (AvgIpc) is 2.74. The molecule has 0 aromatic heterocycles. The van der Waals surface area contributed by atoms with Crippen LogP contribution in [-0.4, -0.2) is 43.2 Å². The predicted octanol–water partition coefficient (Wildman–Crippen LogP) is 2.56. The van der Waals surface area contributed by atoms with Gasteiger partial charge in [0.05, 0.1) is 13.1 Å². The van der Waals surface area contributed by atoms with Gasteiger partial charge in [0.25, 0.3) is 0 Å². The Kier molecular flexibility index (Phi) is 7.63. The van der Waals surface area contributed by atoms with Crippen molar-refractivity contribution >= 4 is 5.78 Å². The van der Waals surface area contributed by atoms with E-state index in [-0.39, 0.29) is 12.4 Å². The molecule has 4 heteroatoms. The third kappa shape index (κ3) is 6.18. The van der Waals surface area contributed by atoms with Crippen LogP contribution in [0.2, 0.25) is 0 Å². The fourth-order valence-electron chi connectivity index (χ4n) is 3.97. The van der Waals surface area contributed by atoms with Crippen molar-refractivity contribution in [1.82, 2.24) is 0 Å². The van der Waals surface area contributed by atoms with Gasteiger partial charge in [-0.1, -0.05) is 37.3 Å². The second-order valence-corrected chi connectivity index (χ2v) is 7.85. The lowest BCUT2D eigenvalue weighted by Crippen LogP contribution is -3.14. The van der Waals surface area contributed by atoms with Crippen LogP contribution in [0.25, 0.3) is 0 Å². The smallest absolute Gasteiger partial charge is 0.162 e. The van der Waals surface area contributed by atoms with Gasteiger partial charge in [0.1, 0.15) is 25.0 Å². The Morgan fingerprint density at radius 1 is 1.11 bits per heavy atom. The maximum absolute atomic E-state index is 11.7. The van der Waals surface area contributed by atoms with Gasteiger partial charge in [-0.3, -0.25) is 4.79 Å². The SMILES string of the molecule is CCC(=O)c1ccc(OC[C@H](O)C[NH+]2CCC(Cc3ccccc3)CC2)cc1. The molecule has 0 saturated carbocycles. The van der Waals surface area contributed by atoms with Crippen molar-refractivity contribution in [3.63, 3.8) is 0 Å². The monoisotopic (exact) mass is 382 g/mol. The molecule has 1 saturated heterocycles. The summed E-state index contributed by atoms with van der Waals surface area (Å²) in [5.41, 5.74) is 2.13. The zero-order valence-corrected chi connectivity index (χ0v) is 16.8. The second kappa shape index (κ2) is 10.4. The third-order valence-electron chi connectivity index (χ3n) is 5.64. The molecular weight excluding hydrogens is 350 g/mol. The van der Waals surface area contributed by atoms with Crippen LogP contribution >= 0.6 is 0 Å². The number of aliphatic hydroxyl groups is 1. The van der Waals surface area contributed by atoms with E-state index < -0.39 is 6.10 Å². The third-order valence-corrected chi connectivity index (χ3v) is 5.64. The quantitative estimate of drug-likeness (QED) is 0.656. The maximum Gasteiger partial charge on any atom is 0.162 e. The molecule has 1 fully saturated rings. The lowest BCUT2D eigenvalue weighted by molar-refractivity contribution is -0.909. The Hall–Kier alpha value is -2.17. The van der Waals surface area contributed by atoms with Crippen molar-refractivity contribution in [2.45, 2.75) is 38.7 Å². The summed E-state index contributed by atoms with van der Waals surface area (Å²) in [6.07, 6.45) is 3.62. The van der Waals surface area contributed by atoms with Gasteiger partial charge in [0, 0.05) is 12.0 Å². The Bertz CT molecular complexity index is 721. The van der Waals surface area contributed by atoms with E-state index in [1.165, 1.54) is 23.3 Å². The number of carbonyl (C=O) groups is 1.